The number of benzene rings is 2. The van der Waals surface area contributed by atoms with E-state index in [1.165, 1.54) is 0 Å². The third-order valence-electron chi connectivity index (χ3n) is 3.98. The summed E-state index contributed by atoms with van der Waals surface area (Å²) in [7, 11) is 0. The lowest BCUT2D eigenvalue weighted by Crippen LogP contribution is -2.42. The molecule has 2 rings (SSSR count). The molecule has 0 heterocycles. The van der Waals surface area contributed by atoms with Gasteiger partial charge >= 0.3 is 0 Å². The number of aliphatic hydroxyl groups excluding tert-OH is 1. The van der Waals surface area contributed by atoms with Crippen molar-refractivity contribution in [1.29, 1.82) is 5.26 Å². The zero-order chi connectivity index (χ0) is 17.4. The van der Waals surface area contributed by atoms with E-state index < -0.39 is 6.10 Å². The van der Waals surface area contributed by atoms with Crippen molar-refractivity contribution in [1.82, 2.24) is 5.32 Å². The average Bonchev–Trinajstić information content (AvgIpc) is 2.61. The maximum atomic E-state index is 12.0. The molecule has 0 radical (unpaired) electrons. The number of nitrogens with one attached hydrogen (secondary N) is 1. The molecule has 0 fully saturated rings. The normalized spacial score (nSPS) is 12.9. The number of rotatable bonds is 7. The minimum atomic E-state index is -0.619. The highest BCUT2D eigenvalue weighted by Gasteiger charge is 2.16. The zero-order valence-corrected chi connectivity index (χ0v) is 13.8. The van der Waals surface area contributed by atoms with Crippen molar-refractivity contribution in [3.8, 4) is 6.07 Å². The van der Waals surface area contributed by atoms with Crippen LogP contribution in [-0.4, -0.2) is 23.2 Å². The first-order valence-corrected chi connectivity index (χ1v) is 8.09. The van der Waals surface area contributed by atoms with Crippen molar-refractivity contribution in [2.45, 2.75) is 38.3 Å². The molecule has 0 aliphatic rings. The number of amides is 1. The Labute approximate surface area is 142 Å². The number of carbonyl (C=O) groups excluding carboxylic acids is 1. The number of nitriles is 1. The SMILES string of the molecule is CC(NC(=O)CCc1ccc(C#N)cc1)C(O)Cc1ccccc1. The minimum Gasteiger partial charge on any atom is -0.391 e. The fourth-order valence-electron chi connectivity index (χ4n) is 2.46. The van der Waals surface area contributed by atoms with Gasteiger partial charge < -0.3 is 10.4 Å². The first-order valence-electron chi connectivity index (χ1n) is 8.09. The van der Waals surface area contributed by atoms with Gasteiger partial charge in [-0.1, -0.05) is 42.5 Å². The van der Waals surface area contributed by atoms with Crippen molar-refractivity contribution in [2.75, 3.05) is 0 Å². The molecule has 0 aliphatic carbocycles. The molecule has 0 saturated carbocycles. The van der Waals surface area contributed by atoms with E-state index >= 15 is 0 Å². The Balaban J connectivity index is 1.77. The summed E-state index contributed by atoms with van der Waals surface area (Å²) < 4.78 is 0. The molecule has 2 aromatic rings. The van der Waals surface area contributed by atoms with Gasteiger partial charge in [-0.3, -0.25) is 4.79 Å². The number of hydrogen-bond acceptors (Lipinski definition) is 3. The molecule has 0 saturated heterocycles. The number of hydrogen-bond donors (Lipinski definition) is 2. The predicted molar refractivity (Wildman–Crippen MR) is 93.2 cm³/mol. The molecule has 4 heteroatoms. The number of aryl methyl sites for hydroxylation is 1. The highest BCUT2D eigenvalue weighted by Crippen LogP contribution is 2.08. The fourth-order valence-corrected chi connectivity index (χ4v) is 2.46. The summed E-state index contributed by atoms with van der Waals surface area (Å²) in [5.74, 6) is -0.0843. The Hall–Kier alpha value is -2.64. The van der Waals surface area contributed by atoms with Crippen LogP contribution in [0.3, 0.4) is 0 Å². The summed E-state index contributed by atoms with van der Waals surface area (Å²) in [6, 6.07) is 18.7. The van der Waals surface area contributed by atoms with Gasteiger partial charge in [0.25, 0.3) is 0 Å². The molecule has 0 aromatic heterocycles. The smallest absolute Gasteiger partial charge is 0.220 e. The maximum Gasteiger partial charge on any atom is 0.220 e. The molecule has 1 amide bonds. The van der Waals surface area contributed by atoms with Crippen LogP contribution in [0.5, 0.6) is 0 Å². The number of aliphatic hydroxyl groups is 1. The maximum absolute atomic E-state index is 12.0. The van der Waals surface area contributed by atoms with Crippen molar-refractivity contribution in [3.63, 3.8) is 0 Å². The van der Waals surface area contributed by atoms with Crippen molar-refractivity contribution in [3.05, 3.63) is 71.3 Å². The molecule has 24 heavy (non-hydrogen) atoms. The van der Waals surface area contributed by atoms with Crippen molar-refractivity contribution >= 4 is 5.91 Å². The summed E-state index contributed by atoms with van der Waals surface area (Å²) in [6.45, 7) is 1.81. The molecule has 2 atom stereocenters. The van der Waals surface area contributed by atoms with Gasteiger partial charge in [-0.15, -0.1) is 0 Å². The van der Waals surface area contributed by atoms with E-state index in [0.717, 1.165) is 11.1 Å². The molecule has 4 nitrogen and oxygen atoms in total. The lowest BCUT2D eigenvalue weighted by molar-refractivity contribution is -0.122. The van der Waals surface area contributed by atoms with E-state index in [0.29, 0.717) is 24.8 Å². The number of carbonyl (C=O) groups is 1. The highest BCUT2D eigenvalue weighted by molar-refractivity contribution is 5.76. The van der Waals surface area contributed by atoms with Crippen molar-refractivity contribution < 1.29 is 9.90 Å². The lowest BCUT2D eigenvalue weighted by atomic mass is 10.0. The molecule has 0 bridgehead atoms. The second-order valence-corrected chi connectivity index (χ2v) is 5.92. The average molecular weight is 322 g/mol. The Morgan fingerprint density at radius 3 is 2.42 bits per heavy atom. The van der Waals surface area contributed by atoms with Crippen LogP contribution in [0.4, 0.5) is 0 Å². The zero-order valence-electron chi connectivity index (χ0n) is 13.8. The molecule has 2 aromatic carbocycles. The van der Waals surface area contributed by atoms with Crippen LogP contribution in [0.2, 0.25) is 0 Å². The van der Waals surface area contributed by atoms with Gasteiger partial charge in [-0.2, -0.15) is 5.26 Å². The fraction of sp³-hybridized carbons (Fsp3) is 0.300. The van der Waals surface area contributed by atoms with Gasteiger partial charge in [0.1, 0.15) is 0 Å². The van der Waals surface area contributed by atoms with Gasteiger partial charge in [0, 0.05) is 12.8 Å². The van der Waals surface area contributed by atoms with Crippen LogP contribution in [0.15, 0.2) is 54.6 Å². The predicted octanol–water partition coefficient (Wildman–Crippen LogP) is 2.60. The van der Waals surface area contributed by atoms with E-state index in [-0.39, 0.29) is 11.9 Å². The van der Waals surface area contributed by atoms with Gasteiger partial charge in [-0.05, 0) is 36.6 Å². The lowest BCUT2D eigenvalue weighted by Gasteiger charge is -2.20. The molecule has 2 unspecified atom stereocenters. The second kappa shape index (κ2) is 8.85. The van der Waals surface area contributed by atoms with Crippen LogP contribution >= 0.6 is 0 Å². The summed E-state index contributed by atoms with van der Waals surface area (Å²) >= 11 is 0. The van der Waals surface area contributed by atoms with Gasteiger partial charge in [0.2, 0.25) is 5.91 Å². The first-order chi connectivity index (χ1) is 11.6. The first kappa shape index (κ1) is 17.7. The molecule has 0 spiro atoms. The van der Waals surface area contributed by atoms with E-state index in [4.69, 9.17) is 5.26 Å². The Kier molecular flexibility index (Phi) is 6.53. The standard InChI is InChI=1S/C20H22N2O2/c1-15(19(23)13-17-5-3-2-4-6-17)22-20(24)12-11-16-7-9-18(14-21)10-8-16/h2-10,15,19,23H,11-13H2,1H3,(H,22,24). The van der Waals surface area contributed by atoms with Crippen LogP contribution in [0.1, 0.15) is 30.0 Å². The summed E-state index contributed by atoms with van der Waals surface area (Å²) in [4.78, 5) is 12.0. The Morgan fingerprint density at radius 1 is 1.12 bits per heavy atom. The van der Waals surface area contributed by atoms with Crippen molar-refractivity contribution in [2.24, 2.45) is 0 Å². The van der Waals surface area contributed by atoms with Gasteiger partial charge in [0.15, 0.2) is 0 Å². The minimum absolute atomic E-state index is 0.0843. The summed E-state index contributed by atoms with van der Waals surface area (Å²) in [5.41, 5.74) is 2.67. The van der Waals surface area contributed by atoms with Gasteiger partial charge in [-0.25, -0.2) is 0 Å². The number of nitrogens with zero attached hydrogens (tertiary/aromatic N) is 1. The van der Waals surface area contributed by atoms with Crippen LogP contribution in [-0.2, 0) is 17.6 Å². The quantitative estimate of drug-likeness (QED) is 0.823. The topological polar surface area (TPSA) is 73.1 Å². The highest BCUT2D eigenvalue weighted by atomic mass is 16.3. The summed E-state index contributed by atoms with van der Waals surface area (Å²) in [6.07, 6.45) is 0.858. The van der Waals surface area contributed by atoms with E-state index in [1.807, 2.05) is 49.4 Å². The molecule has 2 N–H and O–H groups in total. The molecular weight excluding hydrogens is 300 g/mol. The Morgan fingerprint density at radius 2 is 1.79 bits per heavy atom. The summed E-state index contributed by atoms with van der Waals surface area (Å²) in [5, 5.41) is 21.8. The second-order valence-electron chi connectivity index (χ2n) is 5.92. The Bertz CT molecular complexity index is 690. The van der Waals surface area contributed by atoms with E-state index in [1.54, 1.807) is 12.1 Å². The molecule has 124 valence electrons. The molecule has 0 aliphatic heterocycles. The monoisotopic (exact) mass is 322 g/mol. The third kappa shape index (κ3) is 5.53. The van der Waals surface area contributed by atoms with E-state index in [2.05, 4.69) is 11.4 Å². The van der Waals surface area contributed by atoms with E-state index in [9.17, 15) is 9.90 Å². The van der Waals surface area contributed by atoms with Crippen LogP contribution in [0.25, 0.3) is 0 Å². The molecular formula is C20H22N2O2. The largest absolute Gasteiger partial charge is 0.391 e. The van der Waals surface area contributed by atoms with Crippen LogP contribution < -0.4 is 5.32 Å². The van der Waals surface area contributed by atoms with Gasteiger partial charge in [0.05, 0.1) is 23.8 Å². The third-order valence-corrected chi connectivity index (χ3v) is 3.98. The van der Waals surface area contributed by atoms with Crippen LogP contribution in [0, 0.1) is 11.3 Å².